The molecule has 1 amide bonds. The van der Waals surface area contributed by atoms with Gasteiger partial charge in [-0.05, 0) is 49.1 Å². The molecule has 29 heavy (non-hydrogen) atoms. The molecule has 2 aromatic carbocycles. The van der Waals surface area contributed by atoms with Crippen molar-refractivity contribution in [3.05, 3.63) is 60.2 Å². The molecule has 0 radical (unpaired) electrons. The van der Waals surface area contributed by atoms with E-state index in [0.29, 0.717) is 19.4 Å². The van der Waals surface area contributed by atoms with Gasteiger partial charge in [-0.15, -0.1) is 0 Å². The SMILES string of the molecule is CC[C@@H](NC(=O)[C@H]1CCCN(S(=O)(=O)c2ccccc2)C1)c1ccc(OC)cc1. The average molecular weight is 417 g/mol. The zero-order chi connectivity index (χ0) is 20.9. The van der Waals surface area contributed by atoms with Crippen LogP contribution in [0.25, 0.3) is 0 Å². The first-order valence-corrected chi connectivity index (χ1v) is 11.4. The Bertz CT molecular complexity index is 914. The lowest BCUT2D eigenvalue weighted by atomic mass is 9.97. The van der Waals surface area contributed by atoms with Crippen molar-refractivity contribution < 1.29 is 17.9 Å². The summed E-state index contributed by atoms with van der Waals surface area (Å²) < 4.78 is 32.4. The summed E-state index contributed by atoms with van der Waals surface area (Å²) in [6, 6.07) is 15.9. The zero-order valence-corrected chi connectivity index (χ0v) is 17.7. The Morgan fingerprint density at radius 1 is 1.17 bits per heavy atom. The minimum absolute atomic E-state index is 0.0966. The van der Waals surface area contributed by atoms with E-state index in [2.05, 4.69) is 5.32 Å². The second-order valence-corrected chi connectivity index (χ2v) is 9.20. The summed E-state index contributed by atoms with van der Waals surface area (Å²) in [7, 11) is -1.97. The van der Waals surface area contributed by atoms with Crippen molar-refractivity contribution in [1.29, 1.82) is 0 Å². The molecule has 3 rings (SSSR count). The highest BCUT2D eigenvalue weighted by molar-refractivity contribution is 7.89. The van der Waals surface area contributed by atoms with Gasteiger partial charge in [0.1, 0.15) is 5.75 Å². The van der Waals surface area contributed by atoms with Crippen LogP contribution in [0.4, 0.5) is 0 Å². The summed E-state index contributed by atoms with van der Waals surface area (Å²) in [5, 5.41) is 3.10. The molecule has 0 bridgehead atoms. The smallest absolute Gasteiger partial charge is 0.243 e. The number of sulfonamides is 1. The molecular weight excluding hydrogens is 388 g/mol. The zero-order valence-electron chi connectivity index (χ0n) is 16.9. The Morgan fingerprint density at radius 2 is 1.86 bits per heavy atom. The van der Waals surface area contributed by atoms with Gasteiger partial charge in [0, 0.05) is 13.1 Å². The molecule has 1 heterocycles. The van der Waals surface area contributed by atoms with Crippen molar-refractivity contribution in [3.63, 3.8) is 0 Å². The summed E-state index contributed by atoms with van der Waals surface area (Å²) in [4.78, 5) is 13.2. The van der Waals surface area contributed by atoms with Crippen molar-refractivity contribution in [3.8, 4) is 5.75 Å². The van der Waals surface area contributed by atoms with Crippen molar-refractivity contribution in [2.75, 3.05) is 20.2 Å². The van der Waals surface area contributed by atoms with E-state index in [-0.39, 0.29) is 29.3 Å². The van der Waals surface area contributed by atoms with Gasteiger partial charge in [0.05, 0.1) is 24.0 Å². The minimum Gasteiger partial charge on any atom is -0.497 e. The summed E-state index contributed by atoms with van der Waals surface area (Å²) in [5.41, 5.74) is 1.01. The van der Waals surface area contributed by atoms with E-state index in [9.17, 15) is 13.2 Å². The molecule has 0 aliphatic carbocycles. The van der Waals surface area contributed by atoms with Crippen molar-refractivity contribution in [2.45, 2.75) is 37.1 Å². The van der Waals surface area contributed by atoms with Gasteiger partial charge < -0.3 is 10.1 Å². The first kappa shape index (κ1) is 21.3. The lowest BCUT2D eigenvalue weighted by Gasteiger charge is -2.32. The molecule has 2 aromatic rings. The van der Waals surface area contributed by atoms with E-state index in [1.54, 1.807) is 37.4 Å². The lowest BCUT2D eigenvalue weighted by molar-refractivity contribution is -0.126. The number of methoxy groups -OCH3 is 1. The van der Waals surface area contributed by atoms with Crippen molar-refractivity contribution >= 4 is 15.9 Å². The fourth-order valence-corrected chi connectivity index (χ4v) is 5.21. The monoisotopic (exact) mass is 416 g/mol. The fraction of sp³-hybridized carbons (Fsp3) is 0.409. The molecule has 1 saturated heterocycles. The third-order valence-corrected chi connectivity index (χ3v) is 7.26. The predicted octanol–water partition coefficient (Wildman–Crippen LogP) is 3.36. The van der Waals surface area contributed by atoms with Gasteiger partial charge in [-0.3, -0.25) is 4.79 Å². The number of carbonyl (C=O) groups excluding carboxylic acids is 1. The molecular formula is C22H28N2O4S. The van der Waals surface area contributed by atoms with Crippen LogP contribution in [0.2, 0.25) is 0 Å². The number of hydrogen-bond donors (Lipinski definition) is 1. The van der Waals surface area contributed by atoms with E-state index in [4.69, 9.17) is 4.74 Å². The van der Waals surface area contributed by atoms with Crippen LogP contribution in [-0.2, 0) is 14.8 Å². The van der Waals surface area contributed by atoms with Gasteiger partial charge in [-0.25, -0.2) is 8.42 Å². The van der Waals surface area contributed by atoms with Crippen molar-refractivity contribution in [2.24, 2.45) is 5.92 Å². The fourth-order valence-electron chi connectivity index (χ4n) is 3.66. The van der Waals surface area contributed by atoms with E-state index < -0.39 is 10.0 Å². The molecule has 1 N–H and O–H groups in total. The van der Waals surface area contributed by atoms with Crippen LogP contribution in [0.15, 0.2) is 59.5 Å². The van der Waals surface area contributed by atoms with Crippen LogP contribution in [-0.4, -0.2) is 38.8 Å². The molecule has 6 nitrogen and oxygen atoms in total. The highest BCUT2D eigenvalue weighted by Gasteiger charge is 2.33. The van der Waals surface area contributed by atoms with Crippen LogP contribution in [0.3, 0.4) is 0 Å². The Balaban J connectivity index is 1.68. The standard InChI is InChI=1S/C22H28N2O4S/c1-3-21(17-11-13-19(28-2)14-12-17)23-22(25)18-8-7-15-24(16-18)29(26,27)20-9-5-4-6-10-20/h4-6,9-14,18,21H,3,7-8,15-16H2,1-2H3,(H,23,25)/t18-,21+/m0/s1. The average Bonchev–Trinajstić information content (AvgIpc) is 2.78. The minimum atomic E-state index is -3.58. The maximum Gasteiger partial charge on any atom is 0.243 e. The molecule has 156 valence electrons. The van der Waals surface area contributed by atoms with Crippen LogP contribution < -0.4 is 10.1 Å². The summed E-state index contributed by atoms with van der Waals surface area (Å²) in [6.07, 6.45) is 2.10. The van der Waals surface area contributed by atoms with E-state index in [0.717, 1.165) is 17.7 Å². The number of nitrogens with zero attached hydrogens (tertiary/aromatic N) is 1. The van der Waals surface area contributed by atoms with Gasteiger partial charge in [-0.2, -0.15) is 4.31 Å². The number of hydrogen-bond acceptors (Lipinski definition) is 4. The molecule has 7 heteroatoms. The summed E-state index contributed by atoms with van der Waals surface area (Å²) in [6.45, 7) is 2.67. The third kappa shape index (κ3) is 4.97. The Hall–Kier alpha value is -2.38. The maximum atomic E-state index is 12.9. The molecule has 0 unspecified atom stereocenters. The van der Waals surface area contributed by atoms with Crippen LogP contribution >= 0.6 is 0 Å². The Morgan fingerprint density at radius 3 is 2.48 bits per heavy atom. The number of piperidine rings is 1. The first-order valence-electron chi connectivity index (χ1n) is 9.95. The number of carbonyl (C=O) groups is 1. The second kappa shape index (κ2) is 9.41. The third-order valence-electron chi connectivity index (χ3n) is 5.38. The molecule has 0 saturated carbocycles. The number of amides is 1. The van der Waals surface area contributed by atoms with Gasteiger partial charge in [-0.1, -0.05) is 37.3 Å². The largest absolute Gasteiger partial charge is 0.497 e. The molecule has 2 atom stereocenters. The van der Waals surface area contributed by atoms with E-state index in [1.807, 2.05) is 31.2 Å². The second-order valence-electron chi connectivity index (χ2n) is 7.26. The van der Waals surface area contributed by atoms with Gasteiger partial charge in [0.2, 0.25) is 15.9 Å². The van der Waals surface area contributed by atoms with E-state index in [1.165, 1.54) is 4.31 Å². The normalized spacial score (nSPS) is 18.8. The maximum absolute atomic E-state index is 12.9. The van der Waals surface area contributed by atoms with Gasteiger partial charge >= 0.3 is 0 Å². The van der Waals surface area contributed by atoms with Crippen LogP contribution in [0.1, 0.15) is 37.8 Å². The quantitative estimate of drug-likeness (QED) is 0.751. The predicted molar refractivity (Wildman–Crippen MR) is 112 cm³/mol. The van der Waals surface area contributed by atoms with Gasteiger partial charge in [0.25, 0.3) is 0 Å². The summed E-state index contributed by atoms with van der Waals surface area (Å²) in [5.74, 6) is 0.319. The molecule has 0 spiro atoms. The van der Waals surface area contributed by atoms with E-state index >= 15 is 0 Å². The van der Waals surface area contributed by atoms with Crippen LogP contribution in [0, 0.1) is 5.92 Å². The Labute approximate surface area is 172 Å². The summed E-state index contributed by atoms with van der Waals surface area (Å²) >= 11 is 0. The number of rotatable bonds is 7. The highest BCUT2D eigenvalue weighted by Crippen LogP contribution is 2.26. The topological polar surface area (TPSA) is 75.7 Å². The number of nitrogens with one attached hydrogen (secondary N) is 1. The lowest BCUT2D eigenvalue weighted by Crippen LogP contribution is -2.46. The van der Waals surface area contributed by atoms with Crippen molar-refractivity contribution in [1.82, 2.24) is 9.62 Å². The number of ether oxygens (including phenoxy) is 1. The molecule has 0 aromatic heterocycles. The first-order chi connectivity index (χ1) is 14.0. The number of benzene rings is 2. The van der Waals surface area contributed by atoms with Gasteiger partial charge in [0.15, 0.2) is 0 Å². The molecule has 1 fully saturated rings. The Kier molecular flexibility index (Phi) is 6.92. The highest BCUT2D eigenvalue weighted by atomic mass is 32.2. The molecule has 1 aliphatic rings. The van der Waals surface area contributed by atoms with Crippen LogP contribution in [0.5, 0.6) is 5.75 Å². The molecule has 1 aliphatic heterocycles.